The van der Waals surface area contributed by atoms with Gasteiger partial charge in [-0.2, -0.15) is 5.26 Å². The van der Waals surface area contributed by atoms with E-state index >= 15 is 0 Å². The highest BCUT2D eigenvalue weighted by Crippen LogP contribution is 2.26. The average Bonchev–Trinajstić information content (AvgIpc) is 2.79. The molecule has 0 aliphatic heterocycles. The first-order chi connectivity index (χ1) is 8.61. The molecule has 3 nitrogen and oxygen atoms in total. The Balaban J connectivity index is 2.08. The van der Waals surface area contributed by atoms with Gasteiger partial charge in [-0.15, -0.1) is 0 Å². The summed E-state index contributed by atoms with van der Waals surface area (Å²) in [6.07, 6.45) is 2.68. The van der Waals surface area contributed by atoms with Gasteiger partial charge in [0.2, 0.25) is 0 Å². The highest BCUT2D eigenvalue weighted by molar-refractivity contribution is 6.42. The van der Waals surface area contributed by atoms with E-state index in [1.54, 1.807) is 12.1 Å². The van der Waals surface area contributed by atoms with Crippen molar-refractivity contribution in [1.82, 2.24) is 5.32 Å². The van der Waals surface area contributed by atoms with Gasteiger partial charge >= 0.3 is 0 Å². The average molecular weight is 283 g/mol. The molecule has 0 saturated heterocycles. The molecule has 1 aromatic carbocycles. The maximum Gasteiger partial charge on any atom is 0.251 e. The highest BCUT2D eigenvalue weighted by atomic mass is 35.5. The molecule has 1 fully saturated rings. The molecule has 1 amide bonds. The first-order valence-corrected chi connectivity index (χ1v) is 6.53. The fraction of sp³-hybridized carbons (Fsp3) is 0.385. The number of nitrogens with zero attached hydrogens (tertiary/aromatic N) is 1. The number of nitriles is 1. The van der Waals surface area contributed by atoms with Crippen LogP contribution in [0.5, 0.6) is 0 Å². The van der Waals surface area contributed by atoms with Gasteiger partial charge in [-0.25, -0.2) is 0 Å². The monoisotopic (exact) mass is 282 g/mol. The number of hydrogen-bond donors (Lipinski definition) is 1. The zero-order valence-electron chi connectivity index (χ0n) is 9.62. The SMILES string of the molecule is N#CC1CCCC1NC(=O)c1ccc(Cl)c(Cl)c1. The number of rotatable bonds is 2. The first-order valence-electron chi connectivity index (χ1n) is 5.77. The molecule has 1 aliphatic carbocycles. The molecule has 2 atom stereocenters. The summed E-state index contributed by atoms with van der Waals surface area (Å²) in [5.41, 5.74) is 0.466. The Morgan fingerprint density at radius 3 is 2.78 bits per heavy atom. The van der Waals surface area contributed by atoms with Crippen LogP contribution in [0, 0.1) is 17.2 Å². The van der Waals surface area contributed by atoms with E-state index in [1.807, 2.05) is 0 Å². The molecule has 1 N–H and O–H groups in total. The Morgan fingerprint density at radius 1 is 1.33 bits per heavy atom. The van der Waals surface area contributed by atoms with Crippen LogP contribution < -0.4 is 5.32 Å². The van der Waals surface area contributed by atoms with E-state index in [1.165, 1.54) is 6.07 Å². The van der Waals surface area contributed by atoms with Crippen LogP contribution in [-0.2, 0) is 0 Å². The van der Waals surface area contributed by atoms with Crippen LogP contribution in [0.25, 0.3) is 0 Å². The van der Waals surface area contributed by atoms with Crippen molar-refractivity contribution in [2.75, 3.05) is 0 Å². The molecular formula is C13H12Cl2N2O. The smallest absolute Gasteiger partial charge is 0.251 e. The van der Waals surface area contributed by atoms with Crippen LogP contribution in [-0.4, -0.2) is 11.9 Å². The minimum Gasteiger partial charge on any atom is -0.348 e. The van der Waals surface area contributed by atoms with Crippen molar-refractivity contribution < 1.29 is 4.79 Å². The van der Waals surface area contributed by atoms with Crippen LogP contribution >= 0.6 is 23.2 Å². The van der Waals surface area contributed by atoms with Gasteiger partial charge in [0.15, 0.2) is 0 Å². The van der Waals surface area contributed by atoms with E-state index in [9.17, 15) is 4.79 Å². The molecule has 0 bridgehead atoms. The summed E-state index contributed by atoms with van der Waals surface area (Å²) in [4.78, 5) is 12.0. The fourth-order valence-corrected chi connectivity index (χ4v) is 2.47. The molecular weight excluding hydrogens is 271 g/mol. The van der Waals surface area contributed by atoms with Crippen LogP contribution in [0.3, 0.4) is 0 Å². The summed E-state index contributed by atoms with van der Waals surface area (Å²) in [7, 11) is 0. The Kier molecular flexibility index (Phi) is 4.11. The second-order valence-corrected chi connectivity index (χ2v) is 5.19. The van der Waals surface area contributed by atoms with E-state index < -0.39 is 0 Å². The predicted octanol–water partition coefficient (Wildman–Crippen LogP) is 3.42. The van der Waals surface area contributed by atoms with Crippen molar-refractivity contribution in [3.8, 4) is 6.07 Å². The molecule has 0 radical (unpaired) electrons. The highest BCUT2D eigenvalue weighted by Gasteiger charge is 2.28. The lowest BCUT2D eigenvalue weighted by atomic mass is 10.1. The molecule has 94 valence electrons. The van der Waals surface area contributed by atoms with Crippen molar-refractivity contribution in [1.29, 1.82) is 5.26 Å². The zero-order valence-corrected chi connectivity index (χ0v) is 11.1. The third-order valence-electron chi connectivity index (χ3n) is 3.18. The van der Waals surface area contributed by atoms with Crippen molar-refractivity contribution in [2.24, 2.45) is 5.92 Å². The number of nitrogens with one attached hydrogen (secondary N) is 1. The molecule has 2 unspecified atom stereocenters. The number of hydrogen-bond acceptors (Lipinski definition) is 2. The summed E-state index contributed by atoms with van der Waals surface area (Å²) in [5, 5.41) is 12.6. The zero-order chi connectivity index (χ0) is 13.1. The van der Waals surface area contributed by atoms with E-state index in [0.29, 0.717) is 15.6 Å². The topological polar surface area (TPSA) is 52.9 Å². The van der Waals surface area contributed by atoms with E-state index in [2.05, 4.69) is 11.4 Å². The summed E-state index contributed by atoms with van der Waals surface area (Å²) < 4.78 is 0. The van der Waals surface area contributed by atoms with Gasteiger partial charge in [0.1, 0.15) is 0 Å². The van der Waals surface area contributed by atoms with Gasteiger partial charge in [-0.1, -0.05) is 23.2 Å². The predicted molar refractivity (Wildman–Crippen MR) is 70.7 cm³/mol. The lowest BCUT2D eigenvalue weighted by Gasteiger charge is -2.15. The normalized spacial score (nSPS) is 22.5. The number of carbonyl (C=O) groups is 1. The van der Waals surface area contributed by atoms with Gasteiger partial charge in [0.25, 0.3) is 5.91 Å². The van der Waals surface area contributed by atoms with Crippen LogP contribution in [0.15, 0.2) is 18.2 Å². The van der Waals surface area contributed by atoms with Crippen molar-refractivity contribution in [2.45, 2.75) is 25.3 Å². The van der Waals surface area contributed by atoms with E-state index in [0.717, 1.165) is 19.3 Å². The van der Waals surface area contributed by atoms with Gasteiger partial charge in [0, 0.05) is 11.6 Å². The summed E-state index contributed by atoms with van der Waals surface area (Å²) in [6, 6.07) is 6.93. The number of amides is 1. The Morgan fingerprint density at radius 2 is 2.11 bits per heavy atom. The summed E-state index contributed by atoms with van der Waals surface area (Å²) in [6.45, 7) is 0. The molecule has 0 aromatic heterocycles. The molecule has 5 heteroatoms. The Hall–Kier alpha value is -1.24. The van der Waals surface area contributed by atoms with Crippen molar-refractivity contribution >= 4 is 29.1 Å². The second-order valence-electron chi connectivity index (χ2n) is 4.38. The Labute approximate surface area is 116 Å². The largest absolute Gasteiger partial charge is 0.348 e. The Bertz CT molecular complexity index is 510. The van der Waals surface area contributed by atoms with Gasteiger partial charge in [0.05, 0.1) is 22.0 Å². The third-order valence-corrected chi connectivity index (χ3v) is 3.92. The van der Waals surface area contributed by atoms with E-state index in [-0.39, 0.29) is 17.9 Å². The van der Waals surface area contributed by atoms with Gasteiger partial charge < -0.3 is 5.32 Å². The van der Waals surface area contributed by atoms with Gasteiger partial charge in [-0.3, -0.25) is 4.79 Å². The fourth-order valence-electron chi connectivity index (χ4n) is 2.18. The lowest BCUT2D eigenvalue weighted by molar-refractivity contribution is 0.0933. The van der Waals surface area contributed by atoms with Crippen LogP contribution in [0.2, 0.25) is 10.0 Å². The van der Waals surface area contributed by atoms with Gasteiger partial charge in [-0.05, 0) is 37.5 Å². The lowest BCUT2D eigenvalue weighted by Crippen LogP contribution is -2.36. The van der Waals surface area contributed by atoms with Crippen molar-refractivity contribution in [3.63, 3.8) is 0 Å². The standard InChI is InChI=1S/C13H12Cl2N2O/c14-10-5-4-8(6-11(10)15)13(18)17-12-3-1-2-9(12)7-16/h4-6,9,12H,1-3H2,(H,17,18). The first kappa shape index (κ1) is 13.2. The molecule has 0 heterocycles. The molecule has 2 rings (SSSR count). The third kappa shape index (κ3) is 2.77. The molecule has 0 spiro atoms. The minimum absolute atomic E-state index is 0.0584. The number of benzene rings is 1. The number of halogens is 2. The molecule has 1 aliphatic rings. The maximum atomic E-state index is 12.0. The summed E-state index contributed by atoms with van der Waals surface area (Å²) in [5.74, 6) is -0.294. The van der Waals surface area contributed by atoms with Crippen molar-refractivity contribution in [3.05, 3.63) is 33.8 Å². The minimum atomic E-state index is -0.208. The van der Waals surface area contributed by atoms with E-state index in [4.69, 9.17) is 28.5 Å². The summed E-state index contributed by atoms with van der Waals surface area (Å²) >= 11 is 11.7. The molecule has 18 heavy (non-hydrogen) atoms. The molecule has 1 aromatic rings. The van der Waals surface area contributed by atoms with Crippen LogP contribution in [0.4, 0.5) is 0 Å². The maximum absolute atomic E-state index is 12.0. The second kappa shape index (κ2) is 5.60. The molecule has 1 saturated carbocycles. The number of carbonyl (C=O) groups excluding carboxylic acids is 1. The quantitative estimate of drug-likeness (QED) is 0.904. The van der Waals surface area contributed by atoms with Crippen LogP contribution in [0.1, 0.15) is 29.6 Å².